The van der Waals surface area contributed by atoms with Crippen LogP contribution in [0.2, 0.25) is 0 Å². The van der Waals surface area contributed by atoms with E-state index < -0.39 is 22.2 Å². The summed E-state index contributed by atoms with van der Waals surface area (Å²) in [6.07, 6.45) is 1.46. The molecule has 0 radical (unpaired) electrons. The zero-order chi connectivity index (χ0) is 17.1. The molecule has 122 valence electrons. The lowest BCUT2D eigenvalue weighted by Crippen LogP contribution is -2.90. The molecule has 1 saturated heterocycles. The minimum Gasteiger partial charge on any atom is -0.311 e. The lowest BCUT2D eigenvalue weighted by Gasteiger charge is -2.29. The van der Waals surface area contributed by atoms with Gasteiger partial charge in [0, 0.05) is 0 Å². The number of fused-ring (bicyclic) bond motifs is 2. The third-order valence-electron chi connectivity index (χ3n) is 5.90. The van der Waals surface area contributed by atoms with Crippen LogP contribution in [0.15, 0.2) is 30.3 Å². The second-order valence-electron chi connectivity index (χ2n) is 6.60. The summed E-state index contributed by atoms with van der Waals surface area (Å²) in [5.41, 5.74) is 4.09. The Bertz CT molecular complexity index is 803. The van der Waals surface area contributed by atoms with Crippen molar-refractivity contribution in [2.24, 2.45) is 16.6 Å². The molecule has 1 aromatic rings. The first kappa shape index (κ1) is 15.1. The molecule has 3 N–H and O–H groups in total. The number of hydrogen-bond acceptors (Lipinski definition) is 5. The third-order valence-corrected chi connectivity index (χ3v) is 5.90. The predicted molar refractivity (Wildman–Crippen MR) is 83.9 cm³/mol. The molecule has 6 heteroatoms. The lowest BCUT2D eigenvalue weighted by atomic mass is 9.79. The molecule has 0 bridgehead atoms. The second kappa shape index (κ2) is 4.57. The zero-order valence-corrected chi connectivity index (χ0v) is 13.5. The van der Waals surface area contributed by atoms with Crippen LogP contribution in [0.5, 0.6) is 0 Å². The number of nitrogens with one attached hydrogen (secondary N) is 1. The van der Waals surface area contributed by atoms with E-state index in [2.05, 4.69) is 17.1 Å². The van der Waals surface area contributed by atoms with E-state index in [9.17, 15) is 10.5 Å². The summed E-state index contributed by atoms with van der Waals surface area (Å²) in [6.45, 7) is 2.77. The van der Waals surface area contributed by atoms with Crippen LogP contribution in [0.1, 0.15) is 25.3 Å². The van der Waals surface area contributed by atoms with Crippen molar-refractivity contribution < 1.29 is 14.5 Å². The summed E-state index contributed by atoms with van der Waals surface area (Å²) < 4.78 is 11.7. The van der Waals surface area contributed by atoms with Crippen molar-refractivity contribution in [1.29, 1.82) is 10.5 Å². The molecule has 1 aromatic carbocycles. The van der Waals surface area contributed by atoms with E-state index in [1.165, 1.54) is 0 Å². The number of nitrogens with two attached hydrogens (primary N) is 1. The SMILES string of the molecule is CCC[C@@]1(c2ccccc2)[C@]2(C#N)C(N)=[NH+]C3(OCCO3)[C@@]21C#N. The van der Waals surface area contributed by atoms with Crippen molar-refractivity contribution >= 4 is 5.84 Å². The van der Waals surface area contributed by atoms with Crippen LogP contribution in [-0.2, 0) is 14.9 Å². The quantitative estimate of drug-likeness (QED) is 0.808. The van der Waals surface area contributed by atoms with E-state index in [1.807, 2.05) is 37.3 Å². The summed E-state index contributed by atoms with van der Waals surface area (Å²) in [7, 11) is 0. The number of hydrogen-bond donors (Lipinski definition) is 2. The summed E-state index contributed by atoms with van der Waals surface area (Å²) in [5.74, 6) is -1.09. The summed E-state index contributed by atoms with van der Waals surface area (Å²) in [4.78, 5) is 3.00. The highest BCUT2D eigenvalue weighted by Gasteiger charge is 3.04. The Kier molecular flexibility index (Phi) is 2.88. The van der Waals surface area contributed by atoms with Gasteiger partial charge in [-0.3, -0.25) is 5.73 Å². The van der Waals surface area contributed by atoms with Crippen LogP contribution in [0, 0.1) is 33.5 Å². The highest BCUT2D eigenvalue weighted by molar-refractivity contribution is 5.97. The molecule has 6 nitrogen and oxygen atoms in total. The monoisotopic (exact) mass is 323 g/mol. The fraction of sp³-hybridized carbons (Fsp3) is 0.500. The first-order valence-electron chi connectivity index (χ1n) is 8.19. The number of nitrogens with zero attached hydrogens (tertiary/aromatic N) is 2. The van der Waals surface area contributed by atoms with Crippen molar-refractivity contribution in [3.8, 4) is 12.1 Å². The van der Waals surface area contributed by atoms with Crippen LogP contribution in [0.4, 0.5) is 0 Å². The molecule has 4 rings (SSSR count). The molecule has 0 amide bonds. The molecule has 1 spiro atoms. The number of rotatable bonds is 3. The second-order valence-corrected chi connectivity index (χ2v) is 6.60. The third kappa shape index (κ3) is 1.18. The van der Waals surface area contributed by atoms with Gasteiger partial charge >= 0.3 is 5.91 Å². The van der Waals surface area contributed by atoms with E-state index in [0.717, 1.165) is 12.0 Å². The Labute approximate surface area is 140 Å². The van der Waals surface area contributed by atoms with Crippen LogP contribution in [0.25, 0.3) is 0 Å². The topological polar surface area (TPSA) is 106 Å². The molecule has 2 heterocycles. The Balaban J connectivity index is 2.05. The predicted octanol–water partition coefficient (Wildman–Crippen LogP) is -0.0899. The Morgan fingerprint density at radius 2 is 1.83 bits per heavy atom. The minimum absolute atomic E-state index is 0.269. The van der Waals surface area contributed by atoms with Gasteiger partial charge < -0.3 is 9.47 Å². The number of ether oxygens (including phenoxy) is 2. The van der Waals surface area contributed by atoms with Crippen molar-refractivity contribution in [3.63, 3.8) is 0 Å². The molecular formula is C18H19N4O2+. The van der Waals surface area contributed by atoms with Gasteiger partial charge in [0.2, 0.25) is 0 Å². The van der Waals surface area contributed by atoms with Gasteiger partial charge in [-0.15, -0.1) is 0 Å². The van der Waals surface area contributed by atoms with E-state index in [-0.39, 0.29) is 5.84 Å². The standard InChI is InChI=1S/C18H18N4O2/c1-2-8-15(13-6-4-3-5-7-13)16(11-19)14(21)22-18(17(15,16)12-20)23-9-10-24-18/h3-7H,2,8-10H2,1H3,(H2,21,22)/p+1/t15-,16+,17-/m1/s1. The number of nitriles is 2. The van der Waals surface area contributed by atoms with Gasteiger partial charge in [-0.05, 0) is 12.0 Å². The highest BCUT2D eigenvalue weighted by Crippen LogP contribution is 2.84. The van der Waals surface area contributed by atoms with Crippen LogP contribution < -0.4 is 10.7 Å². The molecule has 2 fully saturated rings. The van der Waals surface area contributed by atoms with Crippen LogP contribution in [0.3, 0.4) is 0 Å². The van der Waals surface area contributed by atoms with E-state index >= 15 is 0 Å². The van der Waals surface area contributed by atoms with Crippen LogP contribution >= 0.6 is 0 Å². The van der Waals surface area contributed by atoms with Gasteiger partial charge in [-0.1, -0.05) is 43.7 Å². The van der Waals surface area contributed by atoms with Crippen molar-refractivity contribution in [2.45, 2.75) is 31.1 Å². The summed E-state index contributed by atoms with van der Waals surface area (Å²) >= 11 is 0. The van der Waals surface area contributed by atoms with E-state index in [4.69, 9.17) is 15.2 Å². The molecule has 3 atom stereocenters. The highest BCUT2D eigenvalue weighted by atomic mass is 16.8. The zero-order valence-electron chi connectivity index (χ0n) is 13.5. The fourth-order valence-electron chi connectivity index (χ4n) is 5.20. The molecule has 0 aromatic heterocycles. The molecule has 24 heavy (non-hydrogen) atoms. The van der Waals surface area contributed by atoms with E-state index in [0.29, 0.717) is 19.6 Å². The Hall–Kier alpha value is -2.41. The van der Waals surface area contributed by atoms with Crippen molar-refractivity contribution in [2.75, 3.05) is 13.2 Å². The summed E-state index contributed by atoms with van der Waals surface area (Å²) in [6, 6.07) is 14.5. The summed E-state index contributed by atoms with van der Waals surface area (Å²) in [5, 5.41) is 20.4. The van der Waals surface area contributed by atoms with Crippen molar-refractivity contribution in [3.05, 3.63) is 35.9 Å². The average Bonchev–Trinajstić information content (AvgIpc) is 2.85. The maximum absolute atomic E-state index is 10.3. The molecule has 3 aliphatic rings. The average molecular weight is 323 g/mol. The van der Waals surface area contributed by atoms with Gasteiger partial charge in [0.05, 0.1) is 30.8 Å². The fourth-order valence-corrected chi connectivity index (χ4v) is 5.20. The molecule has 1 aliphatic carbocycles. The minimum atomic E-state index is -1.35. The van der Waals surface area contributed by atoms with Crippen molar-refractivity contribution in [1.82, 2.24) is 0 Å². The first-order valence-corrected chi connectivity index (χ1v) is 8.19. The maximum atomic E-state index is 10.3. The largest absolute Gasteiger partial charge is 0.343 e. The van der Waals surface area contributed by atoms with Gasteiger partial charge in [0.25, 0.3) is 5.84 Å². The number of benzene rings is 1. The maximum Gasteiger partial charge on any atom is 0.343 e. The molecule has 0 unspecified atom stereocenters. The Morgan fingerprint density at radius 1 is 1.17 bits per heavy atom. The molecular weight excluding hydrogens is 304 g/mol. The van der Waals surface area contributed by atoms with Gasteiger partial charge in [-0.25, -0.2) is 4.99 Å². The smallest absolute Gasteiger partial charge is 0.311 e. The van der Waals surface area contributed by atoms with Gasteiger partial charge in [0.15, 0.2) is 10.8 Å². The van der Waals surface area contributed by atoms with Gasteiger partial charge in [0.1, 0.15) is 0 Å². The Morgan fingerprint density at radius 3 is 2.38 bits per heavy atom. The first-order chi connectivity index (χ1) is 11.6. The van der Waals surface area contributed by atoms with Gasteiger partial charge in [-0.2, -0.15) is 10.5 Å². The van der Waals surface area contributed by atoms with Crippen LogP contribution in [-0.4, -0.2) is 25.0 Å². The van der Waals surface area contributed by atoms with E-state index in [1.54, 1.807) is 0 Å². The molecule has 2 aliphatic heterocycles. The lowest BCUT2D eigenvalue weighted by molar-refractivity contribution is -0.677. The molecule has 1 saturated carbocycles. The number of amidine groups is 1. The normalized spacial score (nSPS) is 38.2.